The highest BCUT2D eigenvalue weighted by molar-refractivity contribution is 7.10. The van der Waals surface area contributed by atoms with Crippen LogP contribution in [-0.4, -0.2) is 30.7 Å². The molecule has 1 aliphatic rings. The van der Waals surface area contributed by atoms with E-state index >= 15 is 0 Å². The van der Waals surface area contributed by atoms with Gasteiger partial charge in [-0.2, -0.15) is 0 Å². The summed E-state index contributed by atoms with van der Waals surface area (Å²) in [7, 11) is 2.78. The largest absolute Gasteiger partial charge is 0.497 e. The number of anilines is 2. The van der Waals surface area contributed by atoms with Crippen molar-refractivity contribution in [2.75, 3.05) is 19.1 Å². The van der Waals surface area contributed by atoms with Crippen molar-refractivity contribution in [3.05, 3.63) is 74.5 Å². The molecule has 3 aromatic rings. The van der Waals surface area contributed by atoms with Gasteiger partial charge in [0.2, 0.25) is 5.91 Å². The van der Waals surface area contributed by atoms with E-state index < -0.39 is 11.9 Å². The minimum atomic E-state index is -0.603. The van der Waals surface area contributed by atoms with Gasteiger partial charge in [-0.1, -0.05) is 23.5 Å². The van der Waals surface area contributed by atoms with Crippen LogP contribution in [-0.2, 0) is 20.9 Å². The van der Waals surface area contributed by atoms with Crippen molar-refractivity contribution >= 4 is 34.7 Å². The highest BCUT2D eigenvalue weighted by atomic mass is 32.1. The number of benzene rings is 2. The molecule has 0 spiro atoms. The van der Waals surface area contributed by atoms with Crippen LogP contribution in [0, 0.1) is 5.82 Å². The van der Waals surface area contributed by atoms with E-state index in [2.05, 4.69) is 0 Å². The van der Waals surface area contributed by atoms with E-state index in [4.69, 9.17) is 9.47 Å². The summed E-state index contributed by atoms with van der Waals surface area (Å²) in [4.78, 5) is 39.8. The first-order valence-corrected chi connectivity index (χ1v) is 10.3. The van der Waals surface area contributed by atoms with Crippen molar-refractivity contribution in [3.63, 3.8) is 0 Å². The zero-order chi connectivity index (χ0) is 22.1. The van der Waals surface area contributed by atoms with Gasteiger partial charge in [0.15, 0.2) is 0 Å². The highest BCUT2D eigenvalue weighted by Gasteiger charge is 2.38. The first-order chi connectivity index (χ1) is 14.9. The van der Waals surface area contributed by atoms with Crippen LogP contribution in [0.5, 0.6) is 5.75 Å². The van der Waals surface area contributed by atoms with Gasteiger partial charge < -0.3 is 9.47 Å². The molecule has 2 aromatic carbocycles. The molecule has 7 nitrogen and oxygen atoms in total. The van der Waals surface area contributed by atoms with Crippen LogP contribution in [0.1, 0.15) is 22.8 Å². The Bertz CT molecular complexity index is 1180. The number of methoxy groups -OCH3 is 2. The number of hydrogen-bond donors (Lipinski definition) is 0. The smallest absolute Gasteiger partial charge is 0.325 e. The third-order valence-corrected chi connectivity index (χ3v) is 6.25. The van der Waals surface area contributed by atoms with Crippen molar-refractivity contribution in [2.45, 2.75) is 18.9 Å². The Labute approximate surface area is 181 Å². The van der Waals surface area contributed by atoms with Crippen molar-refractivity contribution in [3.8, 4) is 5.75 Å². The lowest BCUT2D eigenvalue weighted by molar-refractivity contribution is -0.141. The second-order valence-electron chi connectivity index (χ2n) is 6.95. The maximum Gasteiger partial charge on any atom is 0.325 e. The van der Waals surface area contributed by atoms with Gasteiger partial charge in [-0.15, -0.1) is 0 Å². The number of rotatable bonds is 5. The number of carbonyl (C=O) groups is 2. The van der Waals surface area contributed by atoms with Crippen LogP contribution in [0.4, 0.5) is 15.9 Å². The Morgan fingerprint density at radius 3 is 2.39 bits per heavy atom. The molecule has 160 valence electrons. The quantitative estimate of drug-likeness (QED) is 0.566. The predicted octanol–water partition coefficient (Wildman–Crippen LogP) is 3.43. The summed E-state index contributed by atoms with van der Waals surface area (Å²) in [6, 6.07) is 12.7. The molecule has 0 fully saturated rings. The average molecular weight is 442 g/mol. The van der Waals surface area contributed by atoms with Gasteiger partial charge >= 0.3 is 10.8 Å². The SMILES string of the molecule is COC(=O)Cn1c2c(sc1=O)[C@@H](c1ccc(F)cc1)CC(=O)N2c1ccc(OC)cc1. The molecule has 0 aliphatic carbocycles. The summed E-state index contributed by atoms with van der Waals surface area (Å²) >= 11 is 0.972. The summed E-state index contributed by atoms with van der Waals surface area (Å²) in [6.07, 6.45) is 0.100. The molecule has 0 radical (unpaired) electrons. The zero-order valence-electron chi connectivity index (χ0n) is 16.8. The van der Waals surface area contributed by atoms with E-state index in [1.165, 1.54) is 28.7 Å². The lowest BCUT2D eigenvalue weighted by Gasteiger charge is -2.32. The fourth-order valence-electron chi connectivity index (χ4n) is 3.64. The molecule has 0 saturated carbocycles. The number of amides is 1. The van der Waals surface area contributed by atoms with Gasteiger partial charge in [0.05, 0.1) is 24.8 Å². The Balaban J connectivity index is 1.89. The molecule has 9 heteroatoms. The molecule has 0 saturated heterocycles. The molecule has 0 N–H and O–H groups in total. The summed E-state index contributed by atoms with van der Waals surface area (Å²) < 4.78 is 24.6. The molecule has 2 heterocycles. The maximum absolute atomic E-state index is 13.4. The molecule has 0 bridgehead atoms. The Hall–Kier alpha value is -3.46. The predicted molar refractivity (Wildman–Crippen MR) is 114 cm³/mol. The topological polar surface area (TPSA) is 77.8 Å². The van der Waals surface area contributed by atoms with E-state index in [-0.39, 0.29) is 29.6 Å². The third kappa shape index (κ3) is 3.84. The van der Waals surface area contributed by atoms with Crippen molar-refractivity contribution in [2.24, 2.45) is 0 Å². The molecule has 0 unspecified atom stereocenters. The first kappa shape index (κ1) is 20.8. The van der Waals surface area contributed by atoms with Crippen LogP contribution < -0.4 is 14.5 Å². The highest BCUT2D eigenvalue weighted by Crippen LogP contribution is 2.45. The standard InChI is InChI=1S/C22H19FN2O5S/c1-29-16-9-7-15(8-10-16)25-18(26)11-17(13-3-5-14(23)6-4-13)20-21(25)24(22(28)31-20)12-19(27)30-2/h3-10,17H,11-12H2,1-2H3/t17-/m1/s1. The molecular formula is C22H19FN2O5S. The number of nitrogens with zero attached hydrogens (tertiary/aromatic N) is 2. The van der Waals surface area contributed by atoms with Crippen molar-refractivity contribution in [1.29, 1.82) is 0 Å². The fourth-order valence-corrected chi connectivity index (χ4v) is 4.75. The molecule has 31 heavy (non-hydrogen) atoms. The minimum Gasteiger partial charge on any atom is -0.497 e. The number of esters is 1. The number of aromatic nitrogens is 1. The second-order valence-corrected chi connectivity index (χ2v) is 7.95. The van der Waals surface area contributed by atoms with Gasteiger partial charge in [0, 0.05) is 12.3 Å². The lowest BCUT2D eigenvalue weighted by atomic mass is 9.90. The molecule has 1 atom stereocenters. The summed E-state index contributed by atoms with van der Waals surface area (Å²) in [5, 5.41) is 0. The van der Waals surface area contributed by atoms with Crippen LogP contribution in [0.2, 0.25) is 0 Å². The molecular weight excluding hydrogens is 423 g/mol. The number of hydrogen-bond acceptors (Lipinski definition) is 6. The molecule has 1 aliphatic heterocycles. The first-order valence-electron chi connectivity index (χ1n) is 9.45. The van der Waals surface area contributed by atoms with Gasteiger partial charge in [-0.05, 0) is 42.0 Å². The van der Waals surface area contributed by atoms with Gasteiger partial charge in [-0.25, -0.2) is 4.39 Å². The summed E-state index contributed by atoms with van der Waals surface area (Å²) in [6.45, 7) is -0.322. The summed E-state index contributed by atoms with van der Waals surface area (Å²) in [5.74, 6) is -0.709. The van der Waals surface area contributed by atoms with Crippen LogP contribution in [0.3, 0.4) is 0 Å². The van der Waals surface area contributed by atoms with Gasteiger partial charge in [-0.3, -0.25) is 23.9 Å². The number of thiazole rings is 1. The number of halogens is 1. The number of carbonyl (C=O) groups excluding carboxylic acids is 2. The number of ether oxygens (including phenoxy) is 2. The lowest BCUT2D eigenvalue weighted by Crippen LogP contribution is -2.36. The van der Waals surface area contributed by atoms with E-state index in [1.807, 2.05) is 0 Å². The van der Waals surface area contributed by atoms with Gasteiger partial charge in [0.1, 0.15) is 23.9 Å². The Morgan fingerprint density at radius 1 is 1.10 bits per heavy atom. The van der Waals surface area contributed by atoms with Crippen molar-refractivity contribution in [1.82, 2.24) is 4.57 Å². The minimum absolute atomic E-state index is 0.100. The second kappa shape index (κ2) is 8.35. The van der Waals surface area contributed by atoms with Gasteiger partial charge in [0.25, 0.3) is 0 Å². The van der Waals surface area contributed by atoms with E-state index in [0.717, 1.165) is 16.9 Å². The summed E-state index contributed by atoms with van der Waals surface area (Å²) in [5.41, 5.74) is 1.26. The van der Waals surface area contributed by atoms with Crippen molar-refractivity contribution < 1.29 is 23.5 Å². The zero-order valence-corrected chi connectivity index (χ0v) is 17.6. The van der Waals surface area contributed by atoms with E-state index in [0.29, 0.717) is 22.1 Å². The Kier molecular flexibility index (Phi) is 5.60. The van der Waals surface area contributed by atoms with Crippen LogP contribution in [0.15, 0.2) is 53.3 Å². The van der Waals surface area contributed by atoms with E-state index in [9.17, 15) is 18.8 Å². The van der Waals surface area contributed by atoms with Crippen LogP contribution >= 0.6 is 11.3 Å². The average Bonchev–Trinajstić information content (AvgIpc) is 3.09. The van der Waals surface area contributed by atoms with Crippen LogP contribution in [0.25, 0.3) is 0 Å². The monoisotopic (exact) mass is 442 g/mol. The fraction of sp³-hybridized carbons (Fsp3) is 0.227. The van der Waals surface area contributed by atoms with E-state index in [1.54, 1.807) is 43.5 Å². The molecule has 1 aromatic heterocycles. The normalized spacial score (nSPS) is 15.5. The maximum atomic E-state index is 13.4. The number of fused-ring (bicyclic) bond motifs is 1. The Morgan fingerprint density at radius 2 is 1.77 bits per heavy atom. The third-order valence-electron chi connectivity index (χ3n) is 5.17. The molecule has 4 rings (SSSR count). The molecule has 1 amide bonds.